The van der Waals surface area contributed by atoms with Crippen LogP contribution >= 0.6 is 0 Å². The molecular weight excluding hydrogens is 240 g/mol. The second-order valence-electron chi connectivity index (χ2n) is 8.00. The molecule has 3 rings (SSSR count). The molecule has 0 heterocycles. The molecule has 0 unspecified atom stereocenters. The van der Waals surface area contributed by atoms with Crippen molar-refractivity contribution in [1.29, 1.82) is 0 Å². The Kier molecular flexibility index (Phi) is 3.12. The lowest BCUT2D eigenvalue weighted by atomic mass is 9.50. The molecule has 2 aliphatic carbocycles. The molecule has 20 heavy (non-hydrogen) atoms. The Labute approximate surface area is 124 Å². The van der Waals surface area contributed by atoms with Crippen LogP contribution in [0.4, 0.5) is 0 Å². The minimum atomic E-state index is 0.392. The van der Waals surface area contributed by atoms with Crippen LogP contribution in [0.5, 0.6) is 0 Å². The zero-order valence-electron chi connectivity index (χ0n) is 13.6. The van der Waals surface area contributed by atoms with E-state index < -0.39 is 0 Å². The highest BCUT2D eigenvalue weighted by molar-refractivity contribution is 5.63. The first-order valence-corrected chi connectivity index (χ1v) is 8.14. The second-order valence-corrected chi connectivity index (χ2v) is 8.00. The summed E-state index contributed by atoms with van der Waals surface area (Å²) in [6.45, 7) is 13.7. The van der Waals surface area contributed by atoms with E-state index in [1.165, 1.54) is 43.2 Å². The van der Waals surface area contributed by atoms with Crippen molar-refractivity contribution in [1.82, 2.24) is 0 Å². The van der Waals surface area contributed by atoms with E-state index in [0.29, 0.717) is 10.8 Å². The summed E-state index contributed by atoms with van der Waals surface area (Å²) in [4.78, 5) is 0. The number of aryl methyl sites for hydroxylation is 1. The Morgan fingerprint density at radius 2 is 1.95 bits per heavy atom. The fraction of sp³-hybridized carbons (Fsp3) is 0.600. The van der Waals surface area contributed by atoms with Gasteiger partial charge in [0.25, 0.3) is 0 Å². The van der Waals surface area contributed by atoms with Crippen LogP contribution in [-0.4, -0.2) is 0 Å². The van der Waals surface area contributed by atoms with Crippen molar-refractivity contribution >= 4 is 5.57 Å². The largest absolute Gasteiger partial charge is 0.0955 e. The standard InChI is InChI=1S/C20H28/c1-14(2)15-7-9-17-16(13-15)8-10-18-19(3,4)11-6-12-20(17,18)5/h7,9,13,18H,1,6,8,10-12H2,2-5H3/t18-,20-/m1/s1. The molecule has 1 aromatic rings. The molecule has 0 heteroatoms. The molecule has 0 N–H and O–H groups in total. The molecule has 0 amide bonds. The van der Waals surface area contributed by atoms with E-state index in [4.69, 9.17) is 0 Å². The average molecular weight is 268 g/mol. The van der Waals surface area contributed by atoms with Crippen molar-refractivity contribution < 1.29 is 0 Å². The van der Waals surface area contributed by atoms with Gasteiger partial charge < -0.3 is 0 Å². The summed E-state index contributed by atoms with van der Waals surface area (Å²) in [5, 5.41) is 0. The van der Waals surface area contributed by atoms with Crippen molar-refractivity contribution in [3.8, 4) is 0 Å². The molecule has 108 valence electrons. The van der Waals surface area contributed by atoms with E-state index in [9.17, 15) is 0 Å². The minimum Gasteiger partial charge on any atom is -0.0955 e. The zero-order chi connectivity index (χ0) is 14.5. The van der Waals surface area contributed by atoms with Gasteiger partial charge in [-0.2, -0.15) is 0 Å². The van der Waals surface area contributed by atoms with Gasteiger partial charge in [-0.15, -0.1) is 0 Å². The predicted octanol–water partition coefficient (Wildman–Crippen LogP) is 5.75. The van der Waals surface area contributed by atoms with Crippen molar-refractivity contribution in [2.24, 2.45) is 11.3 Å². The topological polar surface area (TPSA) is 0 Å². The molecular formula is C20H28. The highest BCUT2D eigenvalue weighted by Gasteiger charge is 2.49. The van der Waals surface area contributed by atoms with Crippen LogP contribution in [0.15, 0.2) is 24.8 Å². The third-order valence-electron chi connectivity index (χ3n) is 6.15. The Balaban J connectivity index is 2.08. The van der Waals surface area contributed by atoms with Crippen molar-refractivity contribution in [2.45, 2.75) is 65.2 Å². The normalized spacial score (nSPS) is 31.3. The van der Waals surface area contributed by atoms with Crippen LogP contribution in [0, 0.1) is 11.3 Å². The van der Waals surface area contributed by atoms with Crippen LogP contribution in [0.2, 0.25) is 0 Å². The van der Waals surface area contributed by atoms with Crippen LogP contribution in [0.3, 0.4) is 0 Å². The number of allylic oxidation sites excluding steroid dienone is 1. The van der Waals surface area contributed by atoms with Gasteiger partial charge in [-0.05, 0) is 66.0 Å². The van der Waals surface area contributed by atoms with Gasteiger partial charge in [0.05, 0.1) is 0 Å². The minimum absolute atomic E-state index is 0.392. The van der Waals surface area contributed by atoms with Crippen LogP contribution in [0.1, 0.15) is 70.1 Å². The summed E-state index contributed by atoms with van der Waals surface area (Å²) in [5.41, 5.74) is 6.61. The highest BCUT2D eigenvalue weighted by Crippen LogP contribution is 2.57. The fourth-order valence-electron chi connectivity index (χ4n) is 5.08. The SMILES string of the molecule is C=C(C)c1ccc2c(c1)CC[C@@H]1C(C)(C)CCC[C@]21C. The first-order valence-electron chi connectivity index (χ1n) is 8.14. The number of rotatable bonds is 1. The number of hydrogen-bond donors (Lipinski definition) is 0. The van der Waals surface area contributed by atoms with E-state index in [1.807, 2.05) is 0 Å². The van der Waals surface area contributed by atoms with Gasteiger partial charge in [-0.25, -0.2) is 0 Å². The second kappa shape index (κ2) is 4.48. The number of hydrogen-bond acceptors (Lipinski definition) is 0. The van der Waals surface area contributed by atoms with Gasteiger partial charge >= 0.3 is 0 Å². The quantitative estimate of drug-likeness (QED) is 0.608. The zero-order valence-corrected chi connectivity index (χ0v) is 13.6. The Hall–Kier alpha value is -1.04. The average Bonchev–Trinajstić information content (AvgIpc) is 2.37. The molecule has 0 aromatic heterocycles. The summed E-state index contributed by atoms with van der Waals surface area (Å²) in [6.07, 6.45) is 6.74. The summed E-state index contributed by atoms with van der Waals surface area (Å²) < 4.78 is 0. The van der Waals surface area contributed by atoms with Gasteiger partial charge in [0, 0.05) is 0 Å². The van der Waals surface area contributed by atoms with E-state index in [0.717, 1.165) is 5.92 Å². The molecule has 0 saturated heterocycles. The van der Waals surface area contributed by atoms with E-state index in [1.54, 1.807) is 11.1 Å². The van der Waals surface area contributed by atoms with E-state index in [2.05, 4.69) is 52.5 Å². The van der Waals surface area contributed by atoms with Gasteiger partial charge in [0.15, 0.2) is 0 Å². The lowest BCUT2D eigenvalue weighted by Crippen LogP contribution is -2.47. The molecule has 0 aliphatic heterocycles. The smallest absolute Gasteiger partial charge is 0.00391 e. The molecule has 2 aliphatic rings. The summed E-state index contributed by atoms with van der Waals surface area (Å²) in [7, 11) is 0. The summed E-state index contributed by atoms with van der Waals surface area (Å²) >= 11 is 0. The third-order valence-corrected chi connectivity index (χ3v) is 6.15. The Morgan fingerprint density at radius 1 is 1.20 bits per heavy atom. The predicted molar refractivity (Wildman–Crippen MR) is 87.9 cm³/mol. The monoisotopic (exact) mass is 268 g/mol. The van der Waals surface area contributed by atoms with Crippen molar-refractivity contribution in [3.63, 3.8) is 0 Å². The van der Waals surface area contributed by atoms with Crippen LogP contribution < -0.4 is 0 Å². The maximum Gasteiger partial charge on any atom is -0.00391 e. The molecule has 0 spiro atoms. The molecule has 1 saturated carbocycles. The summed E-state index contributed by atoms with van der Waals surface area (Å²) in [6, 6.07) is 7.10. The van der Waals surface area contributed by atoms with Gasteiger partial charge in [-0.1, -0.05) is 57.5 Å². The molecule has 0 bridgehead atoms. The van der Waals surface area contributed by atoms with E-state index >= 15 is 0 Å². The third kappa shape index (κ3) is 1.96. The van der Waals surface area contributed by atoms with Gasteiger partial charge in [0.1, 0.15) is 0 Å². The Morgan fingerprint density at radius 3 is 2.65 bits per heavy atom. The van der Waals surface area contributed by atoms with Gasteiger partial charge in [-0.3, -0.25) is 0 Å². The maximum absolute atomic E-state index is 4.10. The van der Waals surface area contributed by atoms with Crippen molar-refractivity contribution in [3.05, 3.63) is 41.5 Å². The number of benzene rings is 1. The first kappa shape index (κ1) is 13.9. The molecule has 1 aromatic carbocycles. The lowest BCUT2D eigenvalue weighted by Gasteiger charge is -2.54. The van der Waals surface area contributed by atoms with E-state index in [-0.39, 0.29) is 0 Å². The molecule has 0 radical (unpaired) electrons. The lowest BCUT2D eigenvalue weighted by molar-refractivity contribution is 0.0407. The number of fused-ring (bicyclic) bond motifs is 3. The Bertz CT molecular complexity index is 549. The van der Waals surface area contributed by atoms with Crippen molar-refractivity contribution in [2.75, 3.05) is 0 Å². The molecule has 2 atom stereocenters. The first-order chi connectivity index (χ1) is 9.34. The fourth-order valence-corrected chi connectivity index (χ4v) is 5.08. The summed E-state index contributed by atoms with van der Waals surface area (Å²) in [5.74, 6) is 0.840. The molecule has 1 fully saturated rings. The van der Waals surface area contributed by atoms with Crippen LogP contribution in [0.25, 0.3) is 5.57 Å². The van der Waals surface area contributed by atoms with Crippen LogP contribution in [-0.2, 0) is 11.8 Å². The molecule has 0 nitrogen and oxygen atoms in total. The maximum atomic E-state index is 4.10. The van der Waals surface area contributed by atoms with Gasteiger partial charge in [0.2, 0.25) is 0 Å². The highest BCUT2D eigenvalue weighted by atomic mass is 14.5.